The van der Waals surface area contributed by atoms with Crippen LogP contribution in [-0.4, -0.2) is 47.4 Å². The molecule has 0 fully saturated rings. The molecule has 7 heteroatoms. The number of aromatic nitrogens is 2. The summed E-state index contributed by atoms with van der Waals surface area (Å²) < 4.78 is 5.66. The minimum absolute atomic E-state index is 0.143. The third-order valence-corrected chi connectivity index (χ3v) is 4.41. The second-order valence-corrected chi connectivity index (χ2v) is 6.62. The number of imidazole rings is 1. The molecule has 0 aliphatic heterocycles. The smallest absolute Gasteiger partial charge is 0.323 e. The number of hydrogen-bond donors (Lipinski definition) is 5. The first kappa shape index (κ1) is 19.0. The highest BCUT2D eigenvalue weighted by Gasteiger charge is 2.09. The van der Waals surface area contributed by atoms with E-state index in [0.717, 1.165) is 18.8 Å². The molecule has 0 bridgehead atoms. The molecule has 1 heterocycles. The molecule has 3 aromatic rings. The van der Waals surface area contributed by atoms with Gasteiger partial charge in [0.2, 0.25) is 0 Å². The van der Waals surface area contributed by atoms with E-state index in [0.29, 0.717) is 23.3 Å². The van der Waals surface area contributed by atoms with E-state index < -0.39 is 6.10 Å². The summed E-state index contributed by atoms with van der Waals surface area (Å²) in [7, 11) is 0. The monoisotopic (exact) mass is 370 g/mol. The second-order valence-electron chi connectivity index (χ2n) is 6.62. The first-order valence-corrected chi connectivity index (χ1v) is 9.07. The molecule has 7 nitrogen and oxygen atoms in total. The molecular formula is C20H26N4O3. The van der Waals surface area contributed by atoms with Crippen LogP contribution in [0.2, 0.25) is 0 Å². The van der Waals surface area contributed by atoms with Crippen molar-refractivity contribution in [3.05, 3.63) is 58.0 Å². The summed E-state index contributed by atoms with van der Waals surface area (Å²) in [5, 5.41) is 16.7. The molecule has 0 aliphatic carbocycles. The lowest BCUT2D eigenvalue weighted by atomic mass is 10.1. The second kappa shape index (κ2) is 8.75. The van der Waals surface area contributed by atoms with E-state index in [1.807, 2.05) is 6.07 Å². The van der Waals surface area contributed by atoms with Gasteiger partial charge in [-0.2, -0.15) is 0 Å². The summed E-state index contributed by atoms with van der Waals surface area (Å²) in [5.41, 5.74) is 4.63. The van der Waals surface area contributed by atoms with E-state index >= 15 is 0 Å². The van der Waals surface area contributed by atoms with Crippen molar-refractivity contribution in [2.45, 2.75) is 20.0 Å². The molecule has 1 unspecified atom stereocenters. The van der Waals surface area contributed by atoms with Crippen LogP contribution in [0.15, 0.2) is 41.2 Å². The summed E-state index contributed by atoms with van der Waals surface area (Å²) in [6.07, 6.45) is -0.647. The van der Waals surface area contributed by atoms with Gasteiger partial charge < -0.3 is 30.4 Å². The Labute approximate surface area is 157 Å². The largest absolute Gasteiger partial charge is 0.489 e. The molecule has 1 atom stereocenters. The Hall–Kier alpha value is -2.77. The lowest BCUT2D eigenvalue weighted by Crippen LogP contribution is -2.34. The number of para-hydroxylation sites is 2. The van der Waals surface area contributed by atoms with Crippen LogP contribution in [0.3, 0.4) is 0 Å². The van der Waals surface area contributed by atoms with Crippen molar-refractivity contribution in [3.63, 3.8) is 0 Å². The SMILES string of the molecule is Cc1cccc(C)c1NCCNCC(O)COc1cccc2[nH]c(=O)[nH]c12. The quantitative estimate of drug-likeness (QED) is 0.370. The first-order valence-electron chi connectivity index (χ1n) is 9.07. The number of aryl methyl sites for hydroxylation is 2. The van der Waals surface area contributed by atoms with Gasteiger partial charge in [-0.05, 0) is 37.1 Å². The third kappa shape index (κ3) is 4.90. The number of H-pyrrole nitrogens is 2. The molecule has 0 aliphatic rings. The predicted molar refractivity (Wildman–Crippen MR) is 108 cm³/mol. The summed E-state index contributed by atoms with van der Waals surface area (Å²) in [5.74, 6) is 0.543. The molecule has 0 amide bonds. The van der Waals surface area contributed by atoms with Crippen LogP contribution in [0.5, 0.6) is 5.75 Å². The molecule has 3 rings (SSSR count). The number of fused-ring (bicyclic) bond motifs is 1. The highest BCUT2D eigenvalue weighted by Crippen LogP contribution is 2.21. The van der Waals surface area contributed by atoms with Crippen molar-refractivity contribution < 1.29 is 9.84 Å². The lowest BCUT2D eigenvalue weighted by molar-refractivity contribution is 0.107. The number of benzene rings is 2. The van der Waals surface area contributed by atoms with Crippen LogP contribution in [0.25, 0.3) is 11.0 Å². The molecular weight excluding hydrogens is 344 g/mol. The number of anilines is 1. The van der Waals surface area contributed by atoms with Crippen molar-refractivity contribution in [1.82, 2.24) is 15.3 Å². The van der Waals surface area contributed by atoms with Gasteiger partial charge in [0.15, 0.2) is 0 Å². The summed E-state index contributed by atoms with van der Waals surface area (Å²) in [4.78, 5) is 16.8. The van der Waals surface area contributed by atoms with Crippen LogP contribution in [0, 0.1) is 13.8 Å². The molecule has 27 heavy (non-hydrogen) atoms. The highest BCUT2D eigenvalue weighted by molar-refractivity contribution is 5.80. The van der Waals surface area contributed by atoms with Crippen molar-refractivity contribution in [2.24, 2.45) is 0 Å². The molecule has 0 saturated carbocycles. The van der Waals surface area contributed by atoms with E-state index in [2.05, 4.69) is 46.6 Å². The average Bonchev–Trinajstić information content (AvgIpc) is 3.02. The number of aliphatic hydroxyl groups excluding tert-OH is 1. The maximum atomic E-state index is 11.4. The van der Waals surface area contributed by atoms with Crippen molar-refractivity contribution in [1.29, 1.82) is 0 Å². The lowest BCUT2D eigenvalue weighted by Gasteiger charge is -2.15. The van der Waals surface area contributed by atoms with Crippen molar-refractivity contribution >= 4 is 16.7 Å². The number of aliphatic hydroxyl groups is 1. The number of rotatable bonds is 9. The van der Waals surface area contributed by atoms with Crippen LogP contribution in [0.4, 0.5) is 5.69 Å². The zero-order valence-corrected chi connectivity index (χ0v) is 15.6. The van der Waals surface area contributed by atoms with Gasteiger partial charge in [0, 0.05) is 25.3 Å². The number of aromatic amines is 2. The Morgan fingerprint density at radius 1 is 1.07 bits per heavy atom. The fraction of sp³-hybridized carbons (Fsp3) is 0.350. The van der Waals surface area contributed by atoms with Gasteiger partial charge in [0.25, 0.3) is 0 Å². The molecule has 0 spiro atoms. The third-order valence-electron chi connectivity index (χ3n) is 4.41. The van der Waals surface area contributed by atoms with Gasteiger partial charge in [0.1, 0.15) is 24.0 Å². The molecule has 1 aromatic heterocycles. The van der Waals surface area contributed by atoms with Gasteiger partial charge in [0.05, 0.1) is 5.52 Å². The minimum atomic E-state index is -0.647. The van der Waals surface area contributed by atoms with Gasteiger partial charge in [-0.3, -0.25) is 0 Å². The van der Waals surface area contributed by atoms with E-state index in [9.17, 15) is 9.90 Å². The zero-order chi connectivity index (χ0) is 19.2. The Balaban J connectivity index is 1.40. The van der Waals surface area contributed by atoms with Gasteiger partial charge >= 0.3 is 5.69 Å². The zero-order valence-electron chi connectivity index (χ0n) is 15.6. The maximum Gasteiger partial charge on any atom is 0.323 e. The summed E-state index contributed by atoms with van der Waals surface area (Å²) in [6, 6.07) is 11.6. The molecule has 144 valence electrons. The standard InChI is InChI=1S/C20H26N4O3/c1-13-5-3-6-14(2)18(13)22-10-9-21-11-15(25)12-27-17-8-4-7-16-19(17)24-20(26)23-16/h3-8,15,21-22,25H,9-12H2,1-2H3,(H2,23,24,26). The normalized spacial score (nSPS) is 12.3. The van der Waals surface area contributed by atoms with E-state index in [4.69, 9.17) is 4.74 Å². The topological polar surface area (TPSA) is 102 Å². The minimum Gasteiger partial charge on any atom is -0.489 e. The van der Waals surface area contributed by atoms with Gasteiger partial charge in [-0.1, -0.05) is 24.3 Å². The Morgan fingerprint density at radius 2 is 1.81 bits per heavy atom. The van der Waals surface area contributed by atoms with Crippen molar-refractivity contribution in [3.8, 4) is 5.75 Å². The summed E-state index contributed by atoms with van der Waals surface area (Å²) in [6.45, 7) is 6.23. The fourth-order valence-electron chi connectivity index (χ4n) is 3.03. The van der Waals surface area contributed by atoms with Gasteiger partial charge in [-0.25, -0.2) is 4.79 Å². The Bertz CT molecular complexity index is 928. The Morgan fingerprint density at radius 3 is 2.59 bits per heavy atom. The number of ether oxygens (including phenoxy) is 1. The maximum absolute atomic E-state index is 11.4. The average molecular weight is 370 g/mol. The van der Waals surface area contributed by atoms with Crippen LogP contribution >= 0.6 is 0 Å². The van der Waals surface area contributed by atoms with E-state index in [1.165, 1.54) is 11.1 Å². The fourth-order valence-corrected chi connectivity index (χ4v) is 3.03. The van der Waals surface area contributed by atoms with Crippen LogP contribution in [0.1, 0.15) is 11.1 Å². The van der Waals surface area contributed by atoms with E-state index in [-0.39, 0.29) is 12.3 Å². The molecule has 5 N–H and O–H groups in total. The van der Waals surface area contributed by atoms with Crippen molar-refractivity contribution in [2.75, 3.05) is 31.6 Å². The summed E-state index contributed by atoms with van der Waals surface area (Å²) >= 11 is 0. The molecule has 2 aromatic carbocycles. The molecule has 0 saturated heterocycles. The van der Waals surface area contributed by atoms with Crippen LogP contribution in [-0.2, 0) is 0 Å². The predicted octanol–water partition coefficient (Wildman–Crippen LogP) is 1.91. The first-order chi connectivity index (χ1) is 13.0. The van der Waals surface area contributed by atoms with E-state index in [1.54, 1.807) is 18.2 Å². The molecule has 0 radical (unpaired) electrons. The van der Waals surface area contributed by atoms with Gasteiger partial charge in [-0.15, -0.1) is 0 Å². The number of nitrogens with one attached hydrogen (secondary N) is 4. The highest BCUT2D eigenvalue weighted by atomic mass is 16.5. The van der Waals surface area contributed by atoms with Crippen LogP contribution < -0.4 is 21.1 Å². The number of hydrogen-bond acceptors (Lipinski definition) is 5. The Kier molecular flexibility index (Phi) is 6.16.